The lowest BCUT2D eigenvalue weighted by atomic mass is 10.1. The average Bonchev–Trinajstić information content (AvgIpc) is 2.64. The molecule has 0 aliphatic carbocycles. The normalized spacial score (nSPS) is 15.1. The molecule has 4 nitrogen and oxygen atoms in total. The Labute approximate surface area is 151 Å². The molecule has 1 amide bonds. The van der Waals surface area contributed by atoms with Gasteiger partial charge in [0.05, 0.1) is 12.1 Å². The number of Topliss-reactive ketones (excluding diaryl/α,β-unsaturated/α-hetero) is 1. The van der Waals surface area contributed by atoms with Gasteiger partial charge in [-0.3, -0.25) is 14.5 Å². The molecule has 0 spiro atoms. The zero-order valence-corrected chi connectivity index (χ0v) is 14.5. The molecule has 0 bridgehead atoms. The highest BCUT2D eigenvalue weighted by Crippen LogP contribution is 2.14. The molecule has 0 aromatic heterocycles. The largest absolute Gasteiger partial charge is 0.336 e. The number of nitrogens with zero attached hydrogens (tertiary/aromatic N) is 2. The standard InChI is InChI=1S/C20H20F2N2O2/c1-14-12-15(6-7-17(14)21)19(25)13-23-8-10-24(11-9-23)20(26)16-4-2-3-5-18(16)22/h2-7,12H,8-11,13H2,1H3. The first-order valence-electron chi connectivity index (χ1n) is 8.51. The Balaban J connectivity index is 1.57. The van der Waals surface area contributed by atoms with Gasteiger partial charge in [-0.05, 0) is 42.8 Å². The van der Waals surface area contributed by atoms with Crippen molar-refractivity contribution in [2.24, 2.45) is 0 Å². The van der Waals surface area contributed by atoms with Crippen LogP contribution in [0.5, 0.6) is 0 Å². The van der Waals surface area contributed by atoms with Crippen LogP contribution in [0.3, 0.4) is 0 Å². The van der Waals surface area contributed by atoms with Crippen molar-refractivity contribution < 1.29 is 18.4 Å². The third kappa shape index (κ3) is 3.96. The minimum absolute atomic E-state index is 0.0683. The number of rotatable bonds is 4. The molecular weight excluding hydrogens is 338 g/mol. The molecule has 0 unspecified atom stereocenters. The maximum absolute atomic E-state index is 13.8. The van der Waals surface area contributed by atoms with Gasteiger partial charge in [-0.2, -0.15) is 0 Å². The number of carbonyl (C=O) groups is 2. The van der Waals surface area contributed by atoms with E-state index in [0.717, 1.165) is 0 Å². The first-order chi connectivity index (χ1) is 12.5. The van der Waals surface area contributed by atoms with Gasteiger partial charge in [-0.15, -0.1) is 0 Å². The van der Waals surface area contributed by atoms with Gasteiger partial charge in [0.1, 0.15) is 11.6 Å². The molecule has 136 valence electrons. The number of hydrogen-bond acceptors (Lipinski definition) is 3. The molecule has 0 N–H and O–H groups in total. The summed E-state index contributed by atoms with van der Waals surface area (Å²) in [6.45, 7) is 3.77. The Hall–Kier alpha value is -2.60. The van der Waals surface area contributed by atoms with Crippen LogP contribution in [-0.2, 0) is 0 Å². The lowest BCUT2D eigenvalue weighted by Gasteiger charge is -2.34. The van der Waals surface area contributed by atoms with E-state index in [1.54, 1.807) is 30.0 Å². The number of piperazine rings is 1. The quantitative estimate of drug-likeness (QED) is 0.789. The summed E-state index contributed by atoms with van der Waals surface area (Å²) in [6.07, 6.45) is 0. The van der Waals surface area contributed by atoms with Crippen LogP contribution in [0.1, 0.15) is 26.3 Å². The lowest BCUT2D eigenvalue weighted by Crippen LogP contribution is -2.50. The summed E-state index contributed by atoms with van der Waals surface area (Å²) in [6, 6.07) is 10.3. The molecule has 1 aliphatic rings. The van der Waals surface area contributed by atoms with E-state index in [2.05, 4.69) is 0 Å². The highest BCUT2D eigenvalue weighted by molar-refractivity contribution is 5.98. The fraction of sp³-hybridized carbons (Fsp3) is 0.300. The molecular formula is C20H20F2N2O2. The van der Waals surface area contributed by atoms with Crippen LogP contribution < -0.4 is 0 Å². The van der Waals surface area contributed by atoms with E-state index >= 15 is 0 Å². The molecule has 1 fully saturated rings. The molecule has 26 heavy (non-hydrogen) atoms. The van der Waals surface area contributed by atoms with E-state index in [1.807, 2.05) is 4.90 Å². The van der Waals surface area contributed by atoms with E-state index in [4.69, 9.17) is 0 Å². The topological polar surface area (TPSA) is 40.6 Å². The minimum atomic E-state index is -0.526. The summed E-state index contributed by atoms with van der Waals surface area (Å²) in [5.74, 6) is -1.27. The van der Waals surface area contributed by atoms with E-state index < -0.39 is 5.82 Å². The number of carbonyl (C=O) groups excluding carboxylic acids is 2. The Kier molecular flexibility index (Phi) is 5.42. The zero-order chi connectivity index (χ0) is 18.7. The molecule has 1 aliphatic heterocycles. The maximum atomic E-state index is 13.8. The number of ketones is 1. The number of benzene rings is 2. The third-order valence-corrected chi connectivity index (χ3v) is 4.61. The van der Waals surface area contributed by atoms with Crippen LogP contribution in [0.15, 0.2) is 42.5 Å². The van der Waals surface area contributed by atoms with Crippen LogP contribution in [-0.4, -0.2) is 54.2 Å². The summed E-state index contributed by atoms with van der Waals surface area (Å²) >= 11 is 0. The van der Waals surface area contributed by atoms with Gasteiger partial charge in [0.25, 0.3) is 5.91 Å². The summed E-state index contributed by atoms with van der Waals surface area (Å²) in [4.78, 5) is 28.3. The molecule has 1 saturated heterocycles. The maximum Gasteiger partial charge on any atom is 0.256 e. The first-order valence-corrected chi connectivity index (χ1v) is 8.51. The van der Waals surface area contributed by atoms with Gasteiger partial charge in [0.2, 0.25) is 0 Å². The second kappa shape index (κ2) is 7.74. The highest BCUT2D eigenvalue weighted by Gasteiger charge is 2.25. The molecule has 1 heterocycles. The van der Waals surface area contributed by atoms with E-state index in [0.29, 0.717) is 37.3 Å². The number of amides is 1. The van der Waals surface area contributed by atoms with Crippen LogP contribution in [0.25, 0.3) is 0 Å². The Morgan fingerprint density at radius 1 is 0.962 bits per heavy atom. The zero-order valence-electron chi connectivity index (χ0n) is 14.5. The molecule has 0 radical (unpaired) electrons. The Morgan fingerprint density at radius 2 is 1.65 bits per heavy atom. The first kappa shape index (κ1) is 18.2. The van der Waals surface area contributed by atoms with Gasteiger partial charge in [-0.1, -0.05) is 12.1 Å². The van der Waals surface area contributed by atoms with E-state index in [-0.39, 0.29) is 29.6 Å². The lowest BCUT2D eigenvalue weighted by molar-refractivity contribution is 0.0620. The van der Waals surface area contributed by atoms with Gasteiger partial charge >= 0.3 is 0 Å². The summed E-state index contributed by atoms with van der Waals surface area (Å²) < 4.78 is 27.1. The van der Waals surface area contributed by atoms with Crippen LogP contribution in [0, 0.1) is 18.6 Å². The number of hydrogen-bond donors (Lipinski definition) is 0. The van der Waals surface area contributed by atoms with Gasteiger partial charge in [0.15, 0.2) is 5.78 Å². The van der Waals surface area contributed by atoms with Gasteiger partial charge in [-0.25, -0.2) is 8.78 Å². The van der Waals surface area contributed by atoms with Crippen LogP contribution in [0.2, 0.25) is 0 Å². The van der Waals surface area contributed by atoms with Gasteiger partial charge < -0.3 is 4.90 Å². The van der Waals surface area contributed by atoms with Crippen LogP contribution >= 0.6 is 0 Å². The molecule has 0 atom stereocenters. The predicted octanol–water partition coefficient (Wildman–Crippen LogP) is 2.91. The molecule has 2 aromatic rings. The Morgan fingerprint density at radius 3 is 2.31 bits per heavy atom. The smallest absolute Gasteiger partial charge is 0.256 e. The molecule has 0 saturated carbocycles. The van der Waals surface area contributed by atoms with Crippen molar-refractivity contribution in [1.29, 1.82) is 0 Å². The van der Waals surface area contributed by atoms with Crippen molar-refractivity contribution in [2.75, 3.05) is 32.7 Å². The Bertz CT molecular complexity index is 830. The summed E-state index contributed by atoms with van der Waals surface area (Å²) in [5, 5.41) is 0. The van der Waals surface area contributed by atoms with E-state index in [1.165, 1.54) is 24.3 Å². The molecule has 6 heteroatoms. The summed E-state index contributed by atoms with van der Waals surface area (Å²) in [7, 11) is 0. The number of halogens is 2. The second-order valence-corrected chi connectivity index (χ2v) is 6.44. The monoisotopic (exact) mass is 358 g/mol. The van der Waals surface area contributed by atoms with Crippen molar-refractivity contribution in [3.63, 3.8) is 0 Å². The van der Waals surface area contributed by atoms with Crippen molar-refractivity contribution in [3.8, 4) is 0 Å². The van der Waals surface area contributed by atoms with Crippen molar-refractivity contribution in [2.45, 2.75) is 6.92 Å². The van der Waals surface area contributed by atoms with E-state index in [9.17, 15) is 18.4 Å². The minimum Gasteiger partial charge on any atom is -0.336 e. The molecule has 2 aromatic carbocycles. The van der Waals surface area contributed by atoms with Crippen LogP contribution in [0.4, 0.5) is 8.78 Å². The van der Waals surface area contributed by atoms with Gasteiger partial charge in [0, 0.05) is 31.7 Å². The summed E-state index contributed by atoms with van der Waals surface area (Å²) in [5.41, 5.74) is 0.990. The van der Waals surface area contributed by atoms with Crippen molar-refractivity contribution in [1.82, 2.24) is 9.80 Å². The van der Waals surface area contributed by atoms with Crippen molar-refractivity contribution in [3.05, 3.63) is 70.8 Å². The second-order valence-electron chi connectivity index (χ2n) is 6.44. The SMILES string of the molecule is Cc1cc(C(=O)CN2CCN(C(=O)c3ccccc3F)CC2)ccc1F. The highest BCUT2D eigenvalue weighted by atomic mass is 19.1. The third-order valence-electron chi connectivity index (χ3n) is 4.61. The van der Waals surface area contributed by atoms with Crippen molar-refractivity contribution >= 4 is 11.7 Å². The molecule has 3 rings (SSSR count). The average molecular weight is 358 g/mol. The fourth-order valence-corrected chi connectivity index (χ4v) is 3.03. The predicted molar refractivity (Wildman–Crippen MR) is 94.2 cm³/mol. The fourth-order valence-electron chi connectivity index (χ4n) is 3.03. The number of aryl methyl sites for hydroxylation is 1.